The van der Waals surface area contributed by atoms with Crippen molar-refractivity contribution in [1.29, 1.82) is 0 Å². The Morgan fingerprint density at radius 3 is 2.77 bits per heavy atom. The van der Waals surface area contributed by atoms with Crippen LogP contribution in [0.15, 0.2) is 12.1 Å². The van der Waals surface area contributed by atoms with Crippen LogP contribution < -0.4 is 4.89 Å². The maximum Gasteiger partial charge on any atom is 0.172 e. The normalized spacial score (nSPS) is 39.8. The third kappa shape index (κ3) is 1.83. The standard InChI is InChI=1S/C18H24O4/c1-18-7-6-13-12(14(18)4-5-16(18)20)3-2-10-8-11(19)9-15(22-21)17(10)13/h8-9,12-14,16,19-21H,2-7H2,1H3/t12-,13+,14+,16-,18+/m1/s1. The van der Waals surface area contributed by atoms with E-state index in [2.05, 4.69) is 11.8 Å². The molecular formula is C18H24O4. The highest BCUT2D eigenvalue weighted by molar-refractivity contribution is 5.50. The van der Waals surface area contributed by atoms with Crippen molar-refractivity contribution in [3.05, 3.63) is 23.3 Å². The Morgan fingerprint density at radius 1 is 1.18 bits per heavy atom. The maximum atomic E-state index is 10.4. The molecule has 0 radical (unpaired) electrons. The molecule has 3 aliphatic carbocycles. The number of aryl methyl sites for hydroxylation is 1. The highest BCUT2D eigenvalue weighted by atomic mass is 17.1. The first-order chi connectivity index (χ1) is 10.5. The van der Waals surface area contributed by atoms with Gasteiger partial charge in [-0.1, -0.05) is 6.92 Å². The number of hydrogen-bond acceptors (Lipinski definition) is 4. The molecular weight excluding hydrogens is 280 g/mol. The summed E-state index contributed by atoms with van der Waals surface area (Å²) in [6.07, 6.45) is 5.88. The van der Waals surface area contributed by atoms with Crippen LogP contribution in [0.25, 0.3) is 0 Å². The predicted molar refractivity (Wildman–Crippen MR) is 82.0 cm³/mol. The van der Waals surface area contributed by atoms with Gasteiger partial charge in [-0.15, -0.1) is 0 Å². The summed E-state index contributed by atoms with van der Waals surface area (Å²) in [5, 5.41) is 29.4. The number of hydrogen-bond donors (Lipinski definition) is 3. The highest BCUT2D eigenvalue weighted by Crippen LogP contribution is 2.61. The van der Waals surface area contributed by atoms with Gasteiger partial charge in [0, 0.05) is 11.6 Å². The van der Waals surface area contributed by atoms with Crippen LogP contribution in [0, 0.1) is 17.3 Å². The van der Waals surface area contributed by atoms with Gasteiger partial charge in [-0.2, -0.15) is 0 Å². The van der Waals surface area contributed by atoms with E-state index >= 15 is 0 Å². The fraction of sp³-hybridized carbons (Fsp3) is 0.667. The first kappa shape index (κ1) is 14.3. The number of aliphatic hydroxyl groups excluding tert-OH is 1. The van der Waals surface area contributed by atoms with Crippen LogP contribution in [-0.2, 0) is 6.42 Å². The van der Waals surface area contributed by atoms with Crippen molar-refractivity contribution in [3.63, 3.8) is 0 Å². The Labute approximate surface area is 130 Å². The summed E-state index contributed by atoms with van der Waals surface area (Å²) in [5.41, 5.74) is 2.24. The number of aromatic hydroxyl groups is 1. The van der Waals surface area contributed by atoms with Gasteiger partial charge in [-0.25, -0.2) is 5.26 Å². The molecule has 3 N–H and O–H groups in total. The lowest BCUT2D eigenvalue weighted by molar-refractivity contribution is -0.139. The second-order valence-electron chi connectivity index (χ2n) is 7.66. The van der Waals surface area contributed by atoms with E-state index in [1.807, 2.05) is 6.07 Å². The fourth-order valence-corrected chi connectivity index (χ4v) is 5.71. The van der Waals surface area contributed by atoms with Crippen LogP contribution in [0.3, 0.4) is 0 Å². The molecule has 4 rings (SSSR count). The molecule has 0 spiro atoms. The van der Waals surface area contributed by atoms with E-state index < -0.39 is 0 Å². The first-order valence-corrected chi connectivity index (χ1v) is 8.40. The summed E-state index contributed by atoms with van der Waals surface area (Å²) in [4.78, 5) is 4.59. The van der Waals surface area contributed by atoms with E-state index in [-0.39, 0.29) is 17.3 Å². The molecule has 2 fully saturated rings. The van der Waals surface area contributed by atoms with Crippen molar-refractivity contribution < 1.29 is 20.4 Å². The second-order valence-corrected chi connectivity index (χ2v) is 7.66. The van der Waals surface area contributed by atoms with Crippen LogP contribution in [0.2, 0.25) is 0 Å². The molecule has 4 heteroatoms. The number of fused-ring (bicyclic) bond motifs is 5. The molecule has 0 aliphatic heterocycles. The molecule has 120 valence electrons. The quantitative estimate of drug-likeness (QED) is 0.549. The smallest absolute Gasteiger partial charge is 0.172 e. The van der Waals surface area contributed by atoms with Gasteiger partial charge in [-0.3, -0.25) is 0 Å². The van der Waals surface area contributed by atoms with E-state index in [0.29, 0.717) is 23.5 Å². The average Bonchev–Trinajstić information content (AvgIpc) is 2.81. The van der Waals surface area contributed by atoms with E-state index in [0.717, 1.165) is 49.7 Å². The minimum Gasteiger partial charge on any atom is -0.508 e. The summed E-state index contributed by atoms with van der Waals surface area (Å²) in [6, 6.07) is 3.32. The van der Waals surface area contributed by atoms with Crippen molar-refractivity contribution in [2.45, 2.75) is 57.5 Å². The Hall–Kier alpha value is -1.26. The molecule has 22 heavy (non-hydrogen) atoms. The summed E-state index contributed by atoms with van der Waals surface area (Å²) >= 11 is 0. The minimum absolute atomic E-state index is 0.0514. The number of phenolic OH excluding ortho intramolecular Hbond substituents is 1. The van der Waals surface area contributed by atoms with Crippen molar-refractivity contribution in [2.75, 3.05) is 0 Å². The molecule has 3 aliphatic rings. The third-order valence-corrected chi connectivity index (χ3v) is 6.82. The van der Waals surface area contributed by atoms with Crippen LogP contribution in [-0.4, -0.2) is 21.6 Å². The molecule has 0 unspecified atom stereocenters. The lowest BCUT2D eigenvalue weighted by atomic mass is 9.55. The monoisotopic (exact) mass is 304 g/mol. The second kappa shape index (κ2) is 4.87. The maximum absolute atomic E-state index is 10.4. The molecule has 0 saturated heterocycles. The molecule has 4 nitrogen and oxygen atoms in total. The van der Waals surface area contributed by atoms with Crippen LogP contribution in [0.4, 0.5) is 0 Å². The van der Waals surface area contributed by atoms with Gasteiger partial charge in [0.15, 0.2) is 5.75 Å². The van der Waals surface area contributed by atoms with Crippen molar-refractivity contribution in [2.24, 2.45) is 17.3 Å². The molecule has 1 aromatic rings. The Kier molecular flexibility index (Phi) is 3.17. The summed E-state index contributed by atoms with van der Waals surface area (Å²) in [6.45, 7) is 2.25. The van der Waals surface area contributed by atoms with Gasteiger partial charge < -0.3 is 15.1 Å². The van der Waals surface area contributed by atoms with E-state index in [4.69, 9.17) is 0 Å². The topological polar surface area (TPSA) is 69.9 Å². The minimum atomic E-state index is -0.173. The Morgan fingerprint density at radius 2 is 2.00 bits per heavy atom. The first-order valence-electron chi connectivity index (χ1n) is 8.40. The zero-order chi connectivity index (χ0) is 15.5. The van der Waals surface area contributed by atoms with Gasteiger partial charge in [0.2, 0.25) is 0 Å². The molecule has 1 aromatic carbocycles. The van der Waals surface area contributed by atoms with E-state index in [9.17, 15) is 15.5 Å². The van der Waals surface area contributed by atoms with Gasteiger partial charge in [0.25, 0.3) is 0 Å². The van der Waals surface area contributed by atoms with Gasteiger partial charge >= 0.3 is 0 Å². The summed E-state index contributed by atoms with van der Waals surface area (Å²) in [5.74, 6) is 2.02. The molecule has 0 bridgehead atoms. The lowest BCUT2D eigenvalue weighted by Gasteiger charge is -2.50. The number of benzene rings is 1. The molecule has 5 atom stereocenters. The molecule has 0 aromatic heterocycles. The van der Waals surface area contributed by atoms with Crippen molar-refractivity contribution in [1.82, 2.24) is 0 Å². The van der Waals surface area contributed by atoms with Gasteiger partial charge in [0.1, 0.15) is 5.75 Å². The van der Waals surface area contributed by atoms with Crippen LogP contribution in [0.5, 0.6) is 11.5 Å². The molecule has 0 heterocycles. The Balaban J connectivity index is 1.76. The Bertz CT molecular complexity index is 582. The molecule has 2 saturated carbocycles. The average molecular weight is 304 g/mol. The lowest BCUT2D eigenvalue weighted by Crippen LogP contribution is -2.44. The SMILES string of the molecule is C[C@]12CC[C@@H]3c4c(cc(O)cc4OO)CC[C@H]3[C@@H]1CC[C@H]2O. The van der Waals surface area contributed by atoms with Crippen LogP contribution >= 0.6 is 0 Å². The zero-order valence-corrected chi connectivity index (χ0v) is 13.0. The van der Waals surface area contributed by atoms with E-state index in [1.165, 1.54) is 6.07 Å². The van der Waals surface area contributed by atoms with Crippen molar-refractivity contribution >= 4 is 0 Å². The fourth-order valence-electron chi connectivity index (χ4n) is 5.71. The third-order valence-electron chi connectivity index (χ3n) is 6.82. The number of aliphatic hydroxyl groups is 1. The van der Waals surface area contributed by atoms with Gasteiger partial charge in [-0.05, 0) is 73.3 Å². The number of phenols is 1. The zero-order valence-electron chi connectivity index (χ0n) is 13.0. The number of rotatable bonds is 1. The van der Waals surface area contributed by atoms with Crippen LogP contribution in [0.1, 0.15) is 56.1 Å². The van der Waals surface area contributed by atoms with Gasteiger partial charge in [0.05, 0.1) is 6.10 Å². The highest BCUT2D eigenvalue weighted by Gasteiger charge is 2.54. The van der Waals surface area contributed by atoms with E-state index in [1.54, 1.807) is 0 Å². The summed E-state index contributed by atoms with van der Waals surface area (Å²) < 4.78 is 0. The molecule has 0 amide bonds. The predicted octanol–water partition coefficient (Wildman–Crippen LogP) is 3.46. The largest absolute Gasteiger partial charge is 0.508 e. The summed E-state index contributed by atoms with van der Waals surface area (Å²) in [7, 11) is 0. The van der Waals surface area contributed by atoms with Crippen molar-refractivity contribution in [3.8, 4) is 11.5 Å².